The average molecular weight is 349 g/mol. The van der Waals surface area contributed by atoms with Crippen molar-refractivity contribution in [3.63, 3.8) is 0 Å². The molecule has 108 valence electrons. The predicted octanol–water partition coefficient (Wildman–Crippen LogP) is 1.98. The Morgan fingerprint density at radius 2 is 2.42 bits per heavy atom. The van der Waals surface area contributed by atoms with Gasteiger partial charge in [-0.2, -0.15) is 0 Å². The van der Waals surface area contributed by atoms with Crippen LogP contribution < -0.4 is 5.73 Å². The molecule has 4 nitrogen and oxygen atoms in total. The number of hydrogen-bond acceptors (Lipinski definition) is 5. The van der Waals surface area contributed by atoms with Gasteiger partial charge in [0.25, 0.3) is 0 Å². The van der Waals surface area contributed by atoms with Gasteiger partial charge in [0.05, 0.1) is 35.7 Å². The number of hydrogen-bond donors (Lipinski definition) is 2. The van der Waals surface area contributed by atoms with Gasteiger partial charge in [0, 0.05) is 17.5 Å². The van der Waals surface area contributed by atoms with Gasteiger partial charge >= 0.3 is 0 Å². The lowest BCUT2D eigenvalue weighted by molar-refractivity contribution is -0.0521. The summed E-state index contributed by atoms with van der Waals surface area (Å²) in [5.41, 5.74) is 6.33. The minimum atomic E-state index is 0.0391. The Morgan fingerprint density at radius 3 is 3.00 bits per heavy atom. The molecular weight excluding hydrogens is 328 g/mol. The molecule has 0 bridgehead atoms. The van der Waals surface area contributed by atoms with E-state index in [0.717, 1.165) is 16.8 Å². The summed E-state index contributed by atoms with van der Waals surface area (Å²) < 4.78 is 6.57. The van der Waals surface area contributed by atoms with Gasteiger partial charge in [-0.3, -0.25) is 4.90 Å². The van der Waals surface area contributed by atoms with E-state index in [2.05, 4.69) is 39.9 Å². The second-order valence-electron chi connectivity index (χ2n) is 4.81. The minimum Gasteiger partial charge on any atom is -0.395 e. The first-order chi connectivity index (χ1) is 9.17. The van der Waals surface area contributed by atoms with Crippen LogP contribution in [0.4, 0.5) is 0 Å². The Balaban J connectivity index is 2.26. The van der Waals surface area contributed by atoms with Gasteiger partial charge in [0.2, 0.25) is 0 Å². The topological polar surface area (TPSA) is 58.7 Å². The van der Waals surface area contributed by atoms with Gasteiger partial charge in [-0.15, -0.1) is 11.3 Å². The molecule has 1 aromatic rings. The molecule has 1 fully saturated rings. The van der Waals surface area contributed by atoms with E-state index in [1.165, 1.54) is 4.88 Å². The molecule has 0 radical (unpaired) electrons. The molecule has 3 atom stereocenters. The van der Waals surface area contributed by atoms with E-state index in [9.17, 15) is 5.11 Å². The highest BCUT2D eigenvalue weighted by Crippen LogP contribution is 2.35. The zero-order valence-corrected chi connectivity index (χ0v) is 13.5. The summed E-state index contributed by atoms with van der Waals surface area (Å²) in [4.78, 5) is 3.55. The zero-order valence-electron chi connectivity index (χ0n) is 11.1. The molecule has 0 aliphatic carbocycles. The Morgan fingerprint density at radius 1 is 1.63 bits per heavy atom. The number of halogens is 1. The van der Waals surface area contributed by atoms with Crippen LogP contribution in [0.3, 0.4) is 0 Å². The summed E-state index contributed by atoms with van der Waals surface area (Å²) in [5.74, 6) is 0. The highest BCUT2D eigenvalue weighted by molar-refractivity contribution is 9.11. The zero-order chi connectivity index (χ0) is 13.8. The van der Waals surface area contributed by atoms with E-state index in [1.54, 1.807) is 11.3 Å². The van der Waals surface area contributed by atoms with E-state index in [1.807, 2.05) is 0 Å². The lowest BCUT2D eigenvalue weighted by Gasteiger charge is -2.42. The smallest absolute Gasteiger partial charge is 0.0702 e. The molecular formula is C13H21BrN2O2S. The molecule has 2 rings (SSSR count). The number of aliphatic hydroxyl groups excluding tert-OH is 1. The fraction of sp³-hybridized carbons (Fsp3) is 0.692. The second-order valence-corrected chi connectivity index (χ2v) is 7.30. The van der Waals surface area contributed by atoms with Gasteiger partial charge in [-0.05, 0) is 34.5 Å². The third-order valence-corrected chi connectivity index (χ3v) is 5.30. The molecule has 3 unspecified atom stereocenters. The Labute approximate surface area is 126 Å². The summed E-state index contributed by atoms with van der Waals surface area (Å²) in [6.07, 6.45) is 0.912. The first kappa shape index (κ1) is 15.4. The predicted molar refractivity (Wildman–Crippen MR) is 81.4 cm³/mol. The fourth-order valence-corrected chi connectivity index (χ4v) is 4.14. The van der Waals surface area contributed by atoms with Gasteiger partial charge in [-0.25, -0.2) is 0 Å². The van der Waals surface area contributed by atoms with Crippen molar-refractivity contribution in [2.24, 2.45) is 5.73 Å². The van der Waals surface area contributed by atoms with Crippen molar-refractivity contribution in [1.82, 2.24) is 4.90 Å². The molecule has 0 spiro atoms. The Kier molecular flexibility index (Phi) is 5.80. The van der Waals surface area contributed by atoms with Crippen molar-refractivity contribution < 1.29 is 9.84 Å². The quantitative estimate of drug-likeness (QED) is 0.854. The number of aliphatic hydroxyl groups is 1. The first-order valence-electron chi connectivity index (χ1n) is 6.62. The number of thiophene rings is 1. The van der Waals surface area contributed by atoms with Crippen LogP contribution >= 0.6 is 27.3 Å². The second kappa shape index (κ2) is 7.15. The number of morpholine rings is 1. The molecule has 1 aliphatic heterocycles. The summed E-state index contributed by atoms with van der Waals surface area (Å²) >= 11 is 5.23. The Bertz CT molecular complexity index is 402. The van der Waals surface area contributed by atoms with Crippen LogP contribution in [0.25, 0.3) is 0 Å². The van der Waals surface area contributed by atoms with Gasteiger partial charge in [0.1, 0.15) is 0 Å². The molecule has 3 N–H and O–H groups in total. The van der Waals surface area contributed by atoms with E-state index in [0.29, 0.717) is 13.2 Å². The van der Waals surface area contributed by atoms with Crippen LogP contribution in [-0.2, 0) is 4.74 Å². The van der Waals surface area contributed by atoms with Crippen molar-refractivity contribution in [3.05, 3.63) is 20.8 Å². The van der Waals surface area contributed by atoms with Crippen molar-refractivity contribution in [1.29, 1.82) is 0 Å². The van der Waals surface area contributed by atoms with E-state index in [-0.39, 0.29) is 24.7 Å². The highest BCUT2D eigenvalue weighted by atomic mass is 79.9. The number of rotatable bonds is 5. The molecule has 0 saturated carbocycles. The van der Waals surface area contributed by atoms with Crippen molar-refractivity contribution in [2.45, 2.75) is 31.5 Å². The third-order valence-electron chi connectivity index (χ3n) is 3.60. The van der Waals surface area contributed by atoms with Crippen LogP contribution in [0.15, 0.2) is 15.9 Å². The molecule has 0 amide bonds. The molecule has 1 saturated heterocycles. The van der Waals surface area contributed by atoms with Gasteiger partial charge in [-0.1, -0.05) is 6.92 Å². The van der Waals surface area contributed by atoms with Crippen LogP contribution in [0.1, 0.15) is 24.3 Å². The maximum atomic E-state index is 9.55. The maximum absolute atomic E-state index is 9.55. The summed E-state index contributed by atoms with van der Waals surface area (Å²) in [7, 11) is 0. The largest absolute Gasteiger partial charge is 0.395 e. The van der Waals surface area contributed by atoms with Crippen molar-refractivity contribution >= 4 is 27.3 Å². The fourth-order valence-electron chi connectivity index (χ4n) is 2.52. The van der Waals surface area contributed by atoms with Gasteiger partial charge in [0.15, 0.2) is 0 Å². The normalized spacial score (nSPS) is 24.3. The maximum Gasteiger partial charge on any atom is 0.0702 e. The number of nitrogens with zero attached hydrogens (tertiary/aromatic N) is 1. The first-order valence-corrected chi connectivity index (χ1v) is 8.23. The van der Waals surface area contributed by atoms with E-state index >= 15 is 0 Å². The average Bonchev–Trinajstić information content (AvgIpc) is 2.85. The summed E-state index contributed by atoms with van der Waals surface area (Å²) in [6, 6.07) is 4.44. The van der Waals surface area contributed by atoms with Gasteiger partial charge < -0.3 is 15.6 Å². The van der Waals surface area contributed by atoms with Crippen molar-refractivity contribution in [2.75, 3.05) is 26.4 Å². The Hall–Kier alpha value is 0.0200. The number of nitrogens with two attached hydrogens (primary N) is 1. The monoisotopic (exact) mass is 348 g/mol. The molecule has 1 aliphatic rings. The summed E-state index contributed by atoms with van der Waals surface area (Å²) in [6.45, 7) is 4.32. The van der Waals surface area contributed by atoms with E-state index < -0.39 is 0 Å². The minimum absolute atomic E-state index is 0.0391. The molecule has 6 heteroatoms. The molecule has 2 heterocycles. The molecule has 19 heavy (non-hydrogen) atoms. The molecule has 1 aromatic heterocycles. The SMILES string of the molecule is CCC(N)C(c1ccc(Br)s1)N1CCOCC1CO. The van der Waals surface area contributed by atoms with E-state index in [4.69, 9.17) is 10.5 Å². The van der Waals surface area contributed by atoms with Crippen LogP contribution in [-0.4, -0.2) is 48.5 Å². The number of ether oxygens (including phenoxy) is 1. The lowest BCUT2D eigenvalue weighted by Crippen LogP contribution is -2.53. The van der Waals surface area contributed by atoms with Crippen LogP contribution in [0.5, 0.6) is 0 Å². The summed E-state index contributed by atoms with van der Waals surface area (Å²) in [5, 5.41) is 9.55. The van der Waals surface area contributed by atoms with Crippen LogP contribution in [0, 0.1) is 0 Å². The van der Waals surface area contributed by atoms with Crippen molar-refractivity contribution in [3.8, 4) is 0 Å². The highest BCUT2D eigenvalue weighted by Gasteiger charge is 2.33. The molecule has 0 aromatic carbocycles. The van der Waals surface area contributed by atoms with Crippen LogP contribution in [0.2, 0.25) is 0 Å². The lowest BCUT2D eigenvalue weighted by atomic mass is 10.0. The third kappa shape index (κ3) is 3.56. The standard InChI is InChI=1S/C13H21BrN2O2S/c1-2-10(15)13(11-3-4-12(14)19-11)16-5-6-18-8-9(16)7-17/h3-4,9-10,13,17H,2,5-8,15H2,1H3.